The number of para-hydroxylation sites is 1. The van der Waals surface area contributed by atoms with Gasteiger partial charge in [-0.25, -0.2) is 0 Å². The van der Waals surface area contributed by atoms with E-state index in [0.717, 1.165) is 5.69 Å². The summed E-state index contributed by atoms with van der Waals surface area (Å²) in [4.78, 5) is 16.2. The van der Waals surface area contributed by atoms with Gasteiger partial charge < -0.3 is 10.2 Å². The second kappa shape index (κ2) is 8.01. The number of hydrazine groups is 1. The third-order valence-electron chi connectivity index (χ3n) is 3.58. The molecule has 2 aromatic rings. The van der Waals surface area contributed by atoms with E-state index in [0.29, 0.717) is 23.3 Å². The number of benzene rings is 2. The molecule has 0 heterocycles. The number of nitrogens with zero attached hydrogens (tertiary/aromatic N) is 1. The first-order chi connectivity index (χ1) is 11.5. The quantitative estimate of drug-likeness (QED) is 0.485. The van der Waals surface area contributed by atoms with Crippen molar-refractivity contribution in [1.29, 1.82) is 0 Å². The second-order valence-electron chi connectivity index (χ2n) is 5.26. The lowest BCUT2D eigenvalue weighted by Gasteiger charge is -2.11. The standard InChI is InChI=1S/C18H21N3O3/c1-3-15(14-9-10-16(22)12(2)18(14)24)19-11-17(23)21-20-13-7-5-4-6-8-13/h4-10,20,22,24H,3,11H2,1-2H3,(H,21,23). The number of aliphatic imine (C=N–C) groups is 1. The average Bonchev–Trinajstić information content (AvgIpc) is 2.61. The molecular weight excluding hydrogens is 306 g/mol. The van der Waals surface area contributed by atoms with Gasteiger partial charge in [0, 0.05) is 16.8 Å². The zero-order chi connectivity index (χ0) is 17.5. The van der Waals surface area contributed by atoms with Crippen LogP contribution in [0.4, 0.5) is 5.69 Å². The summed E-state index contributed by atoms with van der Waals surface area (Å²) >= 11 is 0. The number of aromatic hydroxyl groups is 2. The van der Waals surface area contributed by atoms with Crippen LogP contribution in [0.1, 0.15) is 24.5 Å². The Morgan fingerprint density at radius 3 is 2.50 bits per heavy atom. The van der Waals surface area contributed by atoms with Gasteiger partial charge in [-0.3, -0.25) is 20.6 Å². The summed E-state index contributed by atoms with van der Waals surface area (Å²) in [6.45, 7) is 3.45. The van der Waals surface area contributed by atoms with E-state index in [2.05, 4.69) is 15.8 Å². The predicted octanol–water partition coefficient (Wildman–Crippen LogP) is 2.75. The summed E-state index contributed by atoms with van der Waals surface area (Å²) in [5, 5.41) is 19.7. The molecule has 0 fully saturated rings. The first-order valence-electron chi connectivity index (χ1n) is 7.68. The number of carbonyl (C=O) groups is 1. The number of anilines is 1. The number of phenols is 2. The lowest BCUT2D eigenvalue weighted by Crippen LogP contribution is -2.31. The molecule has 6 heteroatoms. The smallest absolute Gasteiger partial charge is 0.259 e. The van der Waals surface area contributed by atoms with Crippen LogP contribution in [0.2, 0.25) is 0 Å². The van der Waals surface area contributed by atoms with Gasteiger partial charge in [-0.05, 0) is 37.6 Å². The molecule has 2 rings (SSSR count). The maximum atomic E-state index is 11.9. The highest BCUT2D eigenvalue weighted by Crippen LogP contribution is 2.30. The number of phenolic OH excluding ortho intramolecular Hbond substituents is 2. The van der Waals surface area contributed by atoms with Gasteiger partial charge in [-0.1, -0.05) is 25.1 Å². The van der Waals surface area contributed by atoms with Crippen LogP contribution in [0.5, 0.6) is 11.5 Å². The number of hydrogen-bond acceptors (Lipinski definition) is 5. The Hall–Kier alpha value is -3.02. The van der Waals surface area contributed by atoms with Crippen molar-refractivity contribution in [2.24, 2.45) is 4.99 Å². The molecule has 0 aromatic heterocycles. The van der Waals surface area contributed by atoms with Crippen molar-refractivity contribution in [2.75, 3.05) is 12.0 Å². The number of nitrogens with one attached hydrogen (secondary N) is 2. The minimum absolute atomic E-state index is 0.0154. The minimum atomic E-state index is -0.292. The molecule has 1 amide bonds. The number of amides is 1. The first-order valence-corrected chi connectivity index (χ1v) is 7.68. The molecule has 0 unspecified atom stereocenters. The van der Waals surface area contributed by atoms with E-state index in [1.165, 1.54) is 6.07 Å². The van der Waals surface area contributed by atoms with Crippen LogP contribution in [-0.4, -0.2) is 28.4 Å². The van der Waals surface area contributed by atoms with E-state index in [1.54, 1.807) is 13.0 Å². The Morgan fingerprint density at radius 2 is 1.83 bits per heavy atom. The third kappa shape index (κ3) is 4.25. The van der Waals surface area contributed by atoms with Crippen LogP contribution in [0, 0.1) is 6.92 Å². The molecule has 0 aliphatic heterocycles. The molecule has 4 N–H and O–H groups in total. The van der Waals surface area contributed by atoms with Crippen LogP contribution < -0.4 is 10.9 Å². The number of rotatable bonds is 6. The Balaban J connectivity index is 2.03. The normalized spacial score (nSPS) is 11.2. The van der Waals surface area contributed by atoms with Crippen molar-refractivity contribution in [3.8, 4) is 11.5 Å². The van der Waals surface area contributed by atoms with E-state index >= 15 is 0 Å². The summed E-state index contributed by atoms with van der Waals surface area (Å²) in [5.41, 5.74) is 7.66. The summed E-state index contributed by atoms with van der Waals surface area (Å²) < 4.78 is 0. The topological polar surface area (TPSA) is 94.0 Å². The van der Waals surface area contributed by atoms with Crippen molar-refractivity contribution >= 4 is 17.3 Å². The van der Waals surface area contributed by atoms with Crippen molar-refractivity contribution in [3.05, 3.63) is 53.6 Å². The zero-order valence-electron chi connectivity index (χ0n) is 13.7. The van der Waals surface area contributed by atoms with Crippen molar-refractivity contribution in [3.63, 3.8) is 0 Å². The number of hydrogen-bond donors (Lipinski definition) is 4. The molecule has 6 nitrogen and oxygen atoms in total. The third-order valence-corrected chi connectivity index (χ3v) is 3.58. The van der Waals surface area contributed by atoms with E-state index in [9.17, 15) is 15.0 Å². The average molecular weight is 327 g/mol. The van der Waals surface area contributed by atoms with Crippen molar-refractivity contribution in [1.82, 2.24) is 5.43 Å². The SMILES string of the molecule is CCC(=NCC(=O)NNc1ccccc1)c1ccc(O)c(C)c1O. The van der Waals surface area contributed by atoms with Gasteiger partial charge in [0.1, 0.15) is 18.0 Å². The molecule has 0 atom stereocenters. The molecule has 0 saturated carbocycles. The van der Waals surface area contributed by atoms with E-state index in [-0.39, 0.29) is 24.0 Å². The molecule has 0 radical (unpaired) electrons. The van der Waals surface area contributed by atoms with E-state index in [1.807, 2.05) is 37.3 Å². The molecule has 2 aromatic carbocycles. The highest BCUT2D eigenvalue weighted by atomic mass is 16.3. The fourth-order valence-electron chi connectivity index (χ4n) is 2.18. The van der Waals surface area contributed by atoms with Gasteiger partial charge in [-0.2, -0.15) is 0 Å². The van der Waals surface area contributed by atoms with E-state index < -0.39 is 0 Å². The van der Waals surface area contributed by atoms with Crippen LogP contribution in [0.3, 0.4) is 0 Å². The van der Waals surface area contributed by atoms with Crippen molar-refractivity contribution in [2.45, 2.75) is 20.3 Å². The van der Waals surface area contributed by atoms with Gasteiger partial charge in [-0.15, -0.1) is 0 Å². The van der Waals surface area contributed by atoms with Gasteiger partial charge in [0.05, 0.1) is 5.69 Å². The van der Waals surface area contributed by atoms with Gasteiger partial charge in [0.2, 0.25) is 0 Å². The Kier molecular flexibility index (Phi) is 5.78. The van der Waals surface area contributed by atoms with Crippen LogP contribution in [0.25, 0.3) is 0 Å². The van der Waals surface area contributed by atoms with Gasteiger partial charge in [0.15, 0.2) is 0 Å². The zero-order valence-corrected chi connectivity index (χ0v) is 13.7. The molecule has 0 bridgehead atoms. The van der Waals surface area contributed by atoms with Gasteiger partial charge >= 0.3 is 0 Å². The van der Waals surface area contributed by atoms with Crippen molar-refractivity contribution < 1.29 is 15.0 Å². The Labute approximate surface area is 140 Å². The maximum absolute atomic E-state index is 11.9. The lowest BCUT2D eigenvalue weighted by atomic mass is 10.0. The largest absolute Gasteiger partial charge is 0.508 e. The van der Waals surface area contributed by atoms with Crippen LogP contribution in [-0.2, 0) is 4.79 Å². The Bertz CT molecular complexity index is 743. The second-order valence-corrected chi connectivity index (χ2v) is 5.26. The fraction of sp³-hybridized carbons (Fsp3) is 0.222. The molecule has 0 aliphatic carbocycles. The molecule has 0 saturated heterocycles. The van der Waals surface area contributed by atoms with E-state index in [4.69, 9.17) is 0 Å². The predicted molar refractivity (Wildman–Crippen MR) is 94.4 cm³/mol. The lowest BCUT2D eigenvalue weighted by molar-refractivity contribution is -0.119. The van der Waals surface area contributed by atoms with Crippen LogP contribution >= 0.6 is 0 Å². The minimum Gasteiger partial charge on any atom is -0.508 e. The summed E-state index contributed by atoms with van der Waals surface area (Å²) in [7, 11) is 0. The number of carbonyl (C=O) groups excluding carboxylic acids is 1. The summed E-state index contributed by atoms with van der Waals surface area (Å²) in [6, 6.07) is 12.4. The highest BCUT2D eigenvalue weighted by Gasteiger charge is 2.12. The molecule has 0 aliphatic rings. The fourth-order valence-corrected chi connectivity index (χ4v) is 2.18. The van der Waals surface area contributed by atoms with Crippen LogP contribution in [0.15, 0.2) is 47.5 Å². The summed E-state index contributed by atoms with van der Waals surface area (Å²) in [5.74, 6) is -0.283. The summed E-state index contributed by atoms with van der Waals surface area (Å²) in [6.07, 6.45) is 0.553. The maximum Gasteiger partial charge on any atom is 0.259 e. The van der Waals surface area contributed by atoms with Gasteiger partial charge in [0.25, 0.3) is 5.91 Å². The molecule has 126 valence electrons. The Morgan fingerprint density at radius 1 is 1.12 bits per heavy atom. The highest BCUT2D eigenvalue weighted by molar-refractivity contribution is 6.04. The molecule has 0 spiro atoms. The molecule has 24 heavy (non-hydrogen) atoms. The molecular formula is C18H21N3O3. The first kappa shape index (κ1) is 17.3. The monoisotopic (exact) mass is 327 g/mol.